The topological polar surface area (TPSA) is 87.2 Å². The number of nitrogens with zero attached hydrogens (tertiary/aromatic N) is 3. The van der Waals surface area contributed by atoms with E-state index in [0.717, 1.165) is 19.4 Å². The number of carbonyl (C=O) groups excluding carboxylic acids is 2. The van der Waals surface area contributed by atoms with Gasteiger partial charge in [0, 0.05) is 45.8 Å². The third-order valence-electron chi connectivity index (χ3n) is 6.75. The zero-order valence-electron chi connectivity index (χ0n) is 20.1. The summed E-state index contributed by atoms with van der Waals surface area (Å²) in [5.74, 6) is -0.325. The van der Waals surface area contributed by atoms with Gasteiger partial charge in [-0.25, -0.2) is 13.2 Å². The van der Waals surface area contributed by atoms with Gasteiger partial charge in [-0.3, -0.25) is 9.69 Å². The normalized spacial score (nSPS) is 18.4. The molecule has 0 radical (unpaired) electrons. The number of carbonyl (C=O) groups is 2. The van der Waals surface area contributed by atoms with Crippen LogP contribution >= 0.6 is 0 Å². The first kappa shape index (κ1) is 25.3. The average Bonchev–Trinajstić information content (AvgIpc) is 2.88. The number of piperazine rings is 1. The summed E-state index contributed by atoms with van der Waals surface area (Å²) in [6.45, 7) is 5.97. The maximum atomic E-state index is 13.2. The average molecular weight is 500 g/mol. The van der Waals surface area contributed by atoms with Crippen molar-refractivity contribution in [3.05, 3.63) is 65.7 Å². The number of amides is 1. The van der Waals surface area contributed by atoms with Crippen molar-refractivity contribution < 1.29 is 22.7 Å². The lowest BCUT2D eigenvalue weighted by Crippen LogP contribution is -2.48. The Bertz CT molecular complexity index is 1120. The molecule has 2 fully saturated rings. The van der Waals surface area contributed by atoms with E-state index < -0.39 is 16.0 Å². The number of piperidine rings is 1. The molecule has 0 bridgehead atoms. The second-order valence-electron chi connectivity index (χ2n) is 9.33. The van der Waals surface area contributed by atoms with E-state index in [1.54, 1.807) is 4.90 Å². The van der Waals surface area contributed by atoms with Crippen molar-refractivity contribution in [1.82, 2.24) is 14.1 Å². The quantitative estimate of drug-likeness (QED) is 0.545. The number of rotatable bonds is 7. The molecule has 2 saturated heterocycles. The molecule has 9 heteroatoms. The van der Waals surface area contributed by atoms with Crippen molar-refractivity contribution in [1.29, 1.82) is 0 Å². The van der Waals surface area contributed by atoms with E-state index in [0.29, 0.717) is 45.2 Å². The maximum Gasteiger partial charge on any atom is 0.338 e. The summed E-state index contributed by atoms with van der Waals surface area (Å²) in [4.78, 5) is 28.9. The summed E-state index contributed by atoms with van der Waals surface area (Å²) < 4.78 is 33.1. The lowest BCUT2D eigenvalue weighted by Gasteiger charge is -2.34. The van der Waals surface area contributed by atoms with Crippen LogP contribution in [0, 0.1) is 5.92 Å². The van der Waals surface area contributed by atoms with Crippen molar-refractivity contribution in [3.8, 4) is 0 Å². The van der Waals surface area contributed by atoms with E-state index in [2.05, 4.69) is 24.0 Å². The minimum atomic E-state index is -3.74. The highest BCUT2D eigenvalue weighted by atomic mass is 32.2. The van der Waals surface area contributed by atoms with Gasteiger partial charge >= 0.3 is 5.97 Å². The molecule has 0 spiro atoms. The zero-order valence-corrected chi connectivity index (χ0v) is 21.0. The molecule has 2 heterocycles. The van der Waals surface area contributed by atoms with Crippen LogP contribution in [0.5, 0.6) is 0 Å². The SMILES string of the molecule is CC1CCN(C(=O)COC(=O)c2cccc(S(=O)(=O)N3CCN(Cc4ccccc4)CC3)c2)CC1. The Morgan fingerprint density at radius 1 is 0.914 bits per heavy atom. The molecule has 4 rings (SSSR count). The van der Waals surface area contributed by atoms with Gasteiger partial charge in [0.2, 0.25) is 10.0 Å². The predicted molar refractivity (Wildman–Crippen MR) is 132 cm³/mol. The lowest BCUT2D eigenvalue weighted by atomic mass is 9.99. The highest BCUT2D eigenvalue weighted by Gasteiger charge is 2.29. The number of esters is 1. The number of sulfonamides is 1. The van der Waals surface area contributed by atoms with Crippen LogP contribution in [0.4, 0.5) is 0 Å². The van der Waals surface area contributed by atoms with Crippen LogP contribution in [0.3, 0.4) is 0 Å². The minimum Gasteiger partial charge on any atom is -0.452 e. The number of hydrogen-bond donors (Lipinski definition) is 0. The molecule has 8 nitrogen and oxygen atoms in total. The molecule has 0 atom stereocenters. The van der Waals surface area contributed by atoms with Crippen LogP contribution in [0.2, 0.25) is 0 Å². The number of likely N-dealkylation sites (tertiary alicyclic amines) is 1. The standard InChI is InChI=1S/C26H33N3O5S/c1-21-10-12-28(13-11-21)25(30)20-34-26(31)23-8-5-9-24(18-23)35(32,33)29-16-14-27(15-17-29)19-22-6-3-2-4-7-22/h2-9,18,21H,10-17,19-20H2,1H3. The fraction of sp³-hybridized carbons (Fsp3) is 0.462. The number of ether oxygens (including phenoxy) is 1. The predicted octanol–water partition coefficient (Wildman–Crippen LogP) is 2.61. The van der Waals surface area contributed by atoms with Crippen LogP contribution in [0.25, 0.3) is 0 Å². The van der Waals surface area contributed by atoms with Gasteiger partial charge in [-0.15, -0.1) is 0 Å². The maximum absolute atomic E-state index is 13.2. The van der Waals surface area contributed by atoms with Gasteiger partial charge in [0.1, 0.15) is 0 Å². The van der Waals surface area contributed by atoms with Gasteiger partial charge in [-0.2, -0.15) is 4.31 Å². The van der Waals surface area contributed by atoms with Gasteiger partial charge in [-0.05, 0) is 42.5 Å². The fourth-order valence-corrected chi connectivity index (χ4v) is 5.93. The number of benzene rings is 2. The zero-order chi connectivity index (χ0) is 24.8. The molecule has 0 unspecified atom stereocenters. The molecule has 2 aliphatic heterocycles. The van der Waals surface area contributed by atoms with Crippen LogP contribution in [0.15, 0.2) is 59.5 Å². The summed E-state index contributed by atoms with van der Waals surface area (Å²) >= 11 is 0. The molecule has 0 N–H and O–H groups in total. The summed E-state index contributed by atoms with van der Waals surface area (Å²) in [5.41, 5.74) is 1.32. The van der Waals surface area contributed by atoms with Crippen molar-refractivity contribution in [3.63, 3.8) is 0 Å². The molecule has 1 amide bonds. The second-order valence-corrected chi connectivity index (χ2v) is 11.3. The van der Waals surface area contributed by atoms with E-state index in [1.807, 2.05) is 18.2 Å². The van der Waals surface area contributed by atoms with Crippen molar-refractivity contribution >= 4 is 21.9 Å². The molecule has 0 saturated carbocycles. The molecular weight excluding hydrogens is 466 g/mol. The van der Waals surface area contributed by atoms with E-state index in [-0.39, 0.29) is 23.0 Å². The third-order valence-corrected chi connectivity index (χ3v) is 8.65. The highest BCUT2D eigenvalue weighted by molar-refractivity contribution is 7.89. The van der Waals surface area contributed by atoms with Crippen LogP contribution in [0.1, 0.15) is 35.7 Å². The summed E-state index contributed by atoms with van der Waals surface area (Å²) in [7, 11) is -3.74. The first-order valence-corrected chi connectivity index (χ1v) is 13.6. The van der Waals surface area contributed by atoms with Crippen LogP contribution in [-0.4, -0.2) is 80.3 Å². The summed E-state index contributed by atoms with van der Waals surface area (Å²) in [5, 5.41) is 0. The Morgan fingerprint density at radius 3 is 2.29 bits per heavy atom. The first-order valence-electron chi connectivity index (χ1n) is 12.1. The molecule has 35 heavy (non-hydrogen) atoms. The Hall–Kier alpha value is -2.75. The van der Waals surface area contributed by atoms with Crippen LogP contribution < -0.4 is 0 Å². The molecule has 0 aliphatic carbocycles. The van der Waals surface area contributed by atoms with Crippen molar-refractivity contribution in [2.24, 2.45) is 5.92 Å². The molecule has 0 aromatic heterocycles. The van der Waals surface area contributed by atoms with Crippen LogP contribution in [-0.2, 0) is 26.1 Å². The Kier molecular flexibility index (Phi) is 8.20. The van der Waals surface area contributed by atoms with Crippen molar-refractivity contribution in [2.45, 2.75) is 31.2 Å². The van der Waals surface area contributed by atoms with E-state index in [1.165, 1.54) is 34.1 Å². The molecule has 188 valence electrons. The Labute approximate surface area is 207 Å². The molecule has 2 aromatic rings. The first-order chi connectivity index (χ1) is 16.8. The second kappa shape index (κ2) is 11.3. The third kappa shape index (κ3) is 6.48. The van der Waals surface area contributed by atoms with Crippen molar-refractivity contribution in [2.75, 3.05) is 45.9 Å². The summed E-state index contributed by atoms with van der Waals surface area (Å²) in [6.07, 6.45) is 1.89. The Morgan fingerprint density at radius 2 is 1.60 bits per heavy atom. The molecule has 2 aromatic carbocycles. The van der Waals surface area contributed by atoms with Gasteiger partial charge in [-0.1, -0.05) is 43.3 Å². The lowest BCUT2D eigenvalue weighted by molar-refractivity contribution is -0.135. The fourth-order valence-electron chi connectivity index (χ4n) is 4.46. The largest absolute Gasteiger partial charge is 0.452 e. The minimum absolute atomic E-state index is 0.0554. The van der Waals surface area contributed by atoms with E-state index >= 15 is 0 Å². The number of hydrogen-bond acceptors (Lipinski definition) is 6. The Balaban J connectivity index is 1.32. The van der Waals surface area contributed by atoms with E-state index in [9.17, 15) is 18.0 Å². The van der Waals surface area contributed by atoms with E-state index in [4.69, 9.17) is 4.74 Å². The smallest absolute Gasteiger partial charge is 0.338 e. The highest BCUT2D eigenvalue weighted by Crippen LogP contribution is 2.20. The van der Waals surface area contributed by atoms with Gasteiger partial charge in [0.15, 0.2) is 6.61 Å². The monoisotopic (exact) mass is 499 g/mol. The molecular formula is C26H33N3O5S. The summed E-state index contributed by atoms with van der Waals surface area (Å²) in [6, 6.07) is 16.0. The van der Waals surface area contributed by atoms with Gasteiger partial charge in [0.05, 0.1) is 10.5 Å². The van der Waals surface area contributed by atoms with Gasteiger partial charge < -0.3 is 9.64 Å². The van der Waals surface area contributed by atoms with Gasteiger partial charge in [0.25, 0.3) is 5.91 Å². The molecule has 2 aliphatic rings.